The lowest BCUT2D eigenvalue weighted by Crippen LogP contribution is -2.44. The van der Waals surface area contributed by atoms with Gasteiger partial charge in [-0.05, 0) is 0 Å². The van der Waals surface area contributed by atoms with Gasteiger partial charge in [0.2, 0.25) is 0 Å². The second-order valence-corrected chi connectivity index (χ2v) is 5.09. The molecule has 118 valence electrons. The molecule has 2 heterocycles. The van der Waals surface area contributed by atoms with Gasteiger partial charge in [-0.2, -0.15) is 0 Å². The van der Waals surface area contributed by atoms with Gasteiger partial charge in [-0.15, -0.1) is 18.7 Å². The summed E-state index contributed by atoms with van der Waals surface area (Å²) in [4.78, 5) is 21.9. The Hall–Kier alpha value is -2.64. The monoisotopic (exact) mass is 308 g/mol. The van der Waals surface area contributed by atoms with Crippen LogP contribution in [0, 0.1) is 0 Å². The Morgan fingerprint density at radius 3 is 1.55 bits per heavy atom. The van der Waals surface area contributed by atoms with Crippen molar-refractivity contribution in [1.29, 1.82) is 0 Å². The SMILES string of the molecule is Cn1c(C(=O)O)cc[n+]1CCCC[n+]1ccc(C(=O)O)n1C. The van der Waals surface area contributed by atoms with Gasteiger partial charge in [0.05, 0.1) is 14.1 Å². The normalized spacial score (nSPS) is 10.8. The first-order valence-corrected chi connectivity index (χ1v) is 6.99. The third-order valence-electron chi connectivity index (χ3n) is 3.74. The minimum Gasteiger partial charge on any atom is -0.476 e. The summed E-state index contributed by atoms with van der Waals surface area (Å²) in [5.74, 6) is -1.89. The van der Waals surface area contributed by atoms with E-state index in [0.717, 1.165) is 12.8 Å². The smallest absolute Gasteiger partial charge is 0.358 e. The standard InChI is InChI=1S/C14H18N4O4/c1-15-11(13(19)20)5-9-17(15)7-3-4-8-18-10-6-12(14(21)22)16(18)2/h5-6,9-10H,3-4,7-8H2,1-2H3/p+2. The molecule has 0 saturated carbocycles. The number of aromatic carboxylic acids is 2. The van der Waals surface area contributed by atoms with E-state index in [1.165, 1.54) is 0 Å². The number of aryl methyl sites for hydroxylation is 2. The molecule has 2 aromatic rings. The molecule has 2 N–H and O–H groups in total. The average molecular weight is 308 g/mol. The molecule has 0 unspecified atom stereocenters. The van der Waals surface area contributed by atoms with Gasteiger partial charge in [-0.1, -0.05) is 0 Å². The Morgan fingerprint density at radius 1 is 0.909 bits per heavy atom. The minimum absolute atomic E-state index is 0.253. The van der Waals surface area contributed by atoms with Gasteiger partial charge in [-0.3, -0.25) is 0 Å². The number of carboxylic acids is 2. The molecule has 0 saturated heterocycles. The van der Waals surface area contributed by atoms with Crippen LogP contribution in [0.1, 0.15) is 33.8 Å². The van der Waals surface area contributed by atoms with Crippen LogP contribution >= 0.6 is 0 Å². The van der Waals surface area contributed by atoms with Crippen molar-refractivity contribution in [3.63, 3.8) is 0 Å². The Kier molecular flexibility index (Phi) is 4.59. The molecule has 2 aromatic heterocycles. The van der Waals surface area contributed by atoms with Crippen LogP contribution < -0.4 is 9.36 Å². The first kappa shape index (κ1) is 15.7. The van der Waals surface area contributed by atoms with Crippen molar-refractivity contribution in [2.75, 3.05) is 0 Å². The molecule has 0 bridgehead atoms. The lowest BCUT2D eigenvalue weighted by Gasteiger charge is -2.00. The molecule has 0 spiro atoms. The van der Waals surface area contributed by atoms with Crippen molar-refractivity contribution in [1.82, 2.24) is 9.36 Å². The van der Waals surface area contributed by atoms with E-state index in [1.54, 1.807) is 48.0 Å². The van der Waals surface area contributed by atoms with E-state index in [-0.39, 0.29) is 11.4 Å². The predicted molar refractivity (Wildman–Crippen MR) is 74.4 cm³/mol. The van der Waals surface area contributed by atoms with Crippen molar-refractivity contribution < 1.29 is 29.2 Å². The lowest BCUT2D eigenvalue weighted by molar-refractivity contribution is -0.783. The summed E-state index contributed by atoms with van der Waals surface area (Å²) < 4.78 is 6.92. The quantitative estimate of drug-likeness (QED) is 0.548. The molecule has 0 radical (unpaired) electrons. The molecule has 8 heteroatoms. The summed E-state index contributed by atoms with van der Waals surface area (Å²) in [5, 5.41) is 18.0. The van der Waals surface area contributed by atoms with Gasteiger partial charge in [-0.25, -0.2) is 9.59 Å². The van der Waals surface area contributed by atoms with Crippen LogP contribution in [0.4, 0.5) is 0 Å². The maximum absolute atomic E-state index is 11.0. The number of hydrogen-bond acceptors (Lipinski definition) is 2. The van der Waals surface area contributed by atoms with E-state index >= 15 is 0 Å². The van der Waals surface area contributed by atoms with Gasteiger partial charge >= 0.3 is 11.9 Å². The molecule has 0 fully saturated rings. The van der Waals surface area contributed by atoms with Crippen molar-refractivity contribution in [2.45, 2.75) is 25.9 Å². The second kappa shape index (κ2) is 6.42. The highest BCUT2D eigenvalue weighted by Crippen LogP contribution is 1.98. The lowest BCUT2D eigenvalue weighted by atomic mass is 10.3. The van der Waals surface area contributed by atoms with E-state index in [9.17, 15) is 9.59 Å². The van der Waals surface area contributed by atoms with Crippen LogP contribution in [0.15, 0.2) is 24.5 Å². The van der Waals surface area contributed by atoms with Crippen LogP contribution in [0.3, 0.4) is 0 Å². The van der Waals surface area contributed by atoms with Crippen LogP contribution in [-0.4, -0.2) is 31.5 Å². The maximum atomic E-state index is 11.0. The Bertz CT molecular complexity index is 642. The fraction of sp³-hybridized carbons (Fsp3) is 0.429. The molecule has 22 heavy (non-hydrogen) atoms. The average Bonchev–Trinajstić information content (AvgIpc) is 2.99. The molecule has 0 aliphatic rings. The van der Waals surface area contributed by atoms with E-state index < -0.39 is 11.9 Å². The molecule has 0 aliphatic carbocycles. The summed E-state index contributed by atoms with van der Waals surface area (Å²) in [7, 11) is 3.43. The highest BCUT2D eigenvalue weighted by Gasteiger charge is 2.18. The maximum Gasteiger partial charge on any atom is 0.358 e. The first-order valence-electron chi connectivity index (χ1n) is 6.99. The van der Waals surface area contributed by atoms with Gasteiger partial charge in [0.1, 0.15) is 0 Å². The van der Waals surface area contributed by atoms with Crippen molar-refractivity contribution in [2.24, 2.45) is 14.1 Å². The highest BCUT2D eigenvalue weighted by atomic mass is 16.4. The molecular formula is C14H20N4O4+2. The van der Waals surface area contributed by atoms with Gasteiger partial charge in [0.15, 0.2) is 36.9 Å². The highest BCUT2D eigenvalue weighted by molar-refractivity contribution is 5.85. The molecular weight excluding hydrogens is 288 g/mol. The summed E-state index contributed by atoms with van der Waals surface area (Å²) >= 11 is 0. The zero-order chi connectivity index (χ0) is 16.3. The predicted octanol–water partition coefficient (Wildman–Crippen LogP) is -0.185. The largest absolute Gasteiger partial charge is 0.476 e. The number of nitrogens with zero attached hydrogens (tertiary/aromatic N) is 4. The zero-order valence-corrected chi connectivity index (χ0v) is 12.6. The molecule has 2 rings (SSSR count). The van der Waals surface area contributed by atoms with Gasteiger partial charge < -0.3 is 10.2 Å². The number of carboxylic acid groups (broad SMARTS) is 2. The number of aromatic nitrogens is 4. The summed E-state index contributed by atoms with van der Waals surface area (Å²) in [6, 6.07) is 3.15. The van der Waals surface area contributed by atoms with Crippen LogP contribution in [-0.2, 0) is 27.2 Å². The first-order chi connectivity index (χ1) is 10.4. The Balaban J connectivity index is 1.87. The topological polar surface area (TPSA) is 92.2 Å². The second-order valence-electron chi connectivity index (χ2n) is 5.09. The molecule has 0 aliphatic heterocycles. The van der Waals surface area contributed by atoms with Crippen molar-refractivity contribution in [3.05, 3.63) is 35.9 Å². The Morgan fingerprint density at radius 2 is 1.27 bits per heavy atom. The zero-order valence-electron chi connectivity index (χ0n) is 12.6. The molecule has 0 atom stereocenters. The molecule has 8 nitrogen and oxygen atoms in total. The molecule has 0 amide bonds. The van der Waals surface area contributed by atoms with Crippen LogP contribution in [0.5, 0.6) is 0 Å². The number of carbonyl (C=O) groups is 2. The number of hydrogen-bond donors (Lipinski definition) is 2. The van der Waals surface area contributed by atoms with E-state index in [4.69, 9.17) is 10.2 Å². The molecule has 0 aromatic carbocycles. The van der Waals surface area contributed by atoms with E-state index in [0.29, 0.717) is 13.1 Å². The van der Waals surface area contributed by atoms with Crippen molar-refractivity contribution >= 4 is 11.9 Å². The summed E-state index contributed by atoms with van der Waals surface area (Å²) in [5.41, 5.74) is 0.505. The van der Waals surface area contributed by atoms with Crippen LogP contribution in [0.25, 0.3) is 0 Å². The Labute approximate surface area is 127 Å². The fourth-order valence-corrected chi connectivity index (χ4v) is 2.42. The third-order valence-corrected chi connectivity index (χ3v) is 3.74. The number of unbranched alkanes of at least 4 members (excludes halogenated alkanes) is 1. The van der Waals surface area contributed by atoms with Crippen molar-refractivity contribution in [3.8, 4) is 0 Å². The van der Waals surface area contributed by atoms with E-state index in [2.05, 4.69) is 0 Å². The van der Waals surface area contributed by atoms with Gasteiger partial charge in [0.25, 0.3) is 0 Å². The fourth-order valence-electron chi connectivity index (χ4n) is 2.42. The van der Waals surface area contributed by atoms with Gasteiger partial charge in [0, 0.05) is 25.0 Å². The minimum atomic E-state index is -0.943. The third kappa shape index (κ3) is 3.16. The number of rotatable bonds is 7. The summed E-state index contributed by atoms with van der Waals surface area (Å²) in [6.45, 7) is 1.42. The summed E-state index contributed by atoms with van der Waals surface area (Å²) in [6.07, 6.45) is 5.23. The van der Waals surface area contributed by atoms with Crippen LogP contribution in [0.2, 0.25) is 0 Å². The van der Waals surface area contributed by atoms with E-state index in [1.807, 2.05) is 9.36 Å².